The van der Waals surface area contributed by atoms with E-state index in [1.165, 1.54) is 6.42 Å². The van der Waals surface area contributed by atoms with Crippen LogP contribution in [0.2, 0.25) is 0 Å². The molecule has 0 aromatic heterocycles. The van der Waals surface area contributed by atoms with Gasteiger partial charge < -0.3 is 25.3 Å². The van der Waals surface area contributed by atoms with Crippen LogP contribution in [-0.4, -0.2) is 65.5 Å². The number of nitrogens with one attached hydrogen (secondary N) is 2. The zero-order valence-electron chi connectivity index (χ0n) is 21.6. The highest BCUT2D eigenvalue weighted by atomic mass is 16.2. The van der Waals surface area contributed by atoms with E-state index >= 15 is 0 Å². The minimum absolute atomic E-state index is 0.0450. The number of rotatable bonds is 5. The molecule has 1 aliphatic carbocycles. The third kappa shape index (κ3) is 5.30. The second kappa shape index (κ2) is 11.1. The molecule has 3 fully saturated rings. The number of benzene rings is 2. The van der Waals surface area contributed by atoms with E-state index in [0.717, 1.165) is 31.4 Å². The lowest BCUT2D eigenvalue weighted by Crippen LogP contribution is -2.58. The summed E-state index contributed by atoms with van der Waals surface area (Å²) in [6.45, 7) is 1.22. The van der Waals surface area contributed by atoms with E-state index in [4.69, 9.17) is 5.26 Å². The maximum absolute atomic E-state index is 13.9. The van der Waals surface area contributed by atoms with E-state index in [9.17, 15) is 14.4 Å². The molecule has 4 amide bonds. The summed E-state index contributed by atoms with van der Waals surface area (Å²) in [7, 11) is 0. The van der Waals surface area contributed by atoms with E-state index in [2.05, 4.69) is 21.6 Å². The van der Waals surface area contributed by atoms with Gasteiger partial charge in [-0.25, -0.2) is 4.79 Å². The molecule has 1 saturated carbocycles. The zero-order chi connectivity index (χ0) is 26.5. The lowest BCUT2D eigenvalue weighted by Gasteiger charge is -2.43. The molecule has 0 bridgehead atoms. The van der Waals surface area contributed by atoms with E-state index in [1.54, 1.807) is 34.1 Å². The smallest absolute Gasteiger partial charge is 0.321 e. The predicted octanol–water partition coefficient (Wildman–Crippen LogP) is 3.68. The number of nitrogens with zero attached hydrogens (tertiary/aromatic N) is 4. The summed E-state index contributed by atoms with van der Waals surface area (Å²) < 4.78 is 0. The molecule has 2 N–H and O–H groups in total. The van der Waals surface area contributed by atoms with Crippen molar-refractivity contribution in [3.8, 4) is 6.07 Å². The van der Waals surface area contributed by atoms with Gasteiger partial charge in [0.05, 0.1) is 18.3 Å². The number of para-hydroxylation sites is 1. The molecule has 1 spiro atoms. The number of likely N-dealkylation sites (tertiary alicyclic amines) is 1. The Morgan fingerprint density at radius 3 is 2.32 bits per heavy atom. The van der Waals surface area contributed by atoms with Crippen LogP contribution in [0.4, 0.5) is 16.2 Å². The number of carbonyl (C=O) groups excluding carboxylic acids is 3. The van der Waals surface area contributed by atoms with Crippen molar-refractivity contribution in [2.75, 3.05) is 36.5 Å². The first-order chi connectivity index (χ1) is 18.5. The third-order valence-electron chi connectivity index (χ3n) is 8.03. The van der Waals surface area contributed by atoms with Crippen LogP contribution < -0.4 is 15.5 Å². The monoisotopic (exact) mass is 514 g/mol. The molecule has 0 atom stereocenters. The molecule has 0 unspecified atom stereocenters. The first-order valence-electron chi connectivity index (χ1n) is 13.5. The van der Waals surface area contributed by atoms with Crippen molar-refractivity contribution in [1.29, 1.82) is 5.26 Å². The zero-order valence-corrected chi connectivity index (χ0v) is 21.6. The first-order valence-corrected chi connectivity index (χ1v) is 13.5. The molecule has 3 aliphatic rings. The predicted molar refractivity (Wildman–Crippen MR) is 144 cm³/mol. The number of urea groups is 1. The second-order valence-electron chi connectivity index (χ2n) is 10.4. The maximum Gasteiger partial charge on any atom is 0.321 e. The minimum atomic E-state index is -0.794. The number of amides is 4. The van der Waals surface area contributed by atoms with Gasteiger partial charge in [-0.2, -0.15) is 5.26 Å². The number of hydrogen-bond donors (Lipinski definition) is 2. The lowest BCUT2D eigenvalue weighted by molar-refractivity contribution is -0.137. The summed E-state index contributed by atoms with van der Waals surface area (Å²) in [6, 6.07) is 18.6. The second-order valence-corrected chi connectivity index (χ2v) is 10.4. The van der Waals surface area contributed by atoms with Crippen LogP contribution in [0.1, 0.15) is 50.5 Å². The van der Waals surface area contributed by atoms with Crippen molar-refractivity contribution in [3.05, 3.63) is 60.2 Å². The van der Waals surface area contributed by atoms with Crippen LogP contribution >= 0.6 is 0 Å². The van der Waals surface area contributed by atoms with Crippen LogP contribution in [0.5, 0.6) is 0 Å². The minimum Gasteiger partial charge on any atom is -0.352 e. The summed E-state index contributed by atoms with van der Waals surface area (Å²) in [5, 5.41) is 15.0. The highest BCUT2D eigenvalue weighted by Crippen LogP contribution is 2.39. The molecule has 198 valence electrons. The van der Waals surface area contributed by atoms with Crippen LogP contribution in [0.3, 0.4) is 0 Å². The van der Waals surface area contributed by atoms with Gasteiger partial charge in [-0.1, -0.05) is 37.5 Å². The summed E-state index contributed by atoms with van der Waals surface area (Å²) in [5.41, 5.74) is 1.29. The molecule has 2 saturated heterocycles. The summed E-state index contributed by atoms with van der Waals surface area (Å²) in [5.74, 6) is -0.151. The lowest BCUT2D eigenvalue weighted by atomic mass is 9.85. The van der Waals surface area contributed by atoms with Crippen molar-refractivity contribution in [2.45, 2.75) is 56.5 Å². The SMILES string of the molecule is N#Cc1ccc(NC(=O)N2CCC3(CC2)C(=O)N(CC(=O)NC2CCCCC2)CN3c2ccccc2)cc1. The van der Waals surface area contributed by atoms with Gasteiger partial charge in [-0.05, 0) is 62.1 Å². The first kappa shape index (κ1) is 25.6. The largest absolute Gasteiger partial charge is 0.352 e. The standard InChI is InChI=1S/C29H34N6O3/c30-19-22-11-13-24(14-12-22)32-28(38)33-17-15-29(16-18-33)27(37)34(21-35(29)25-9-5-2-6-10-25)20-26(36)31-23-7-3-1-4-8-23/h2,5-6,9-14,23H,1,3-4,7-8,15-18,20-21H2,(H,31,36)(H,32,38). The van der Waals surface area contributed by atoms with Gasteiger partial charge >= 0.3 is 6.03 Å². The van der Waals surface area contributed by atoms with Gasteiger partial charge in [0.2, 0.25) is 5.91 Å². The molecule has 2 aromatic carbocycles. The topological polar surface area (TPSA) is 109 Å². The van der Waals surface area contributed by atoms with Gasteiger partial charge in [-0.15, -0.1) is 0 Å². The molecule has 2 aliphatic heterocycles. The number of carbonyl (C=O) groups is 3. The van der Waals surface area contributed by atoms with Crippen LogP contribution in [0.15, 0.2) is 54.6 Å². The van der Waals surface area contributed by atoms with E-state index in [1.807, 2.05) is 30.3 Å². The Kier molecular flexibility index (Phi) is 7.50. The molecule has 2 heterocycles. The quantitative estimate of drug-likeness (QED) is 0.633. The van der Waals surface area contributed by atoms with Crippen LogP contribution in [-0.2, 0) is 9.59 Å². The van der Waals surface area contributed by atoms with Crippen molar-refractivity contribution in [1.82, 2.24) is 15.1 Å². The average molecular weight is 515 g/mol. The average Bonchev–Trinajstić information content (AvgIpc) is 3.20. The van der Waals surface area contributed by atoms with Gasteiger partial charge in [0, 0.05) is 30.5 Å². The van der Waals surface area contributed by atoms with Gasteiger partial charge in [-0.3, -0.25) is 9.59 Å². The number of nitriles is 1. The van der Waals surface area contributed by atoms with Crippen molar-refractivity contribution < 1.29 is 14.4 Å². The van der Waals surface area contributed by atoms with Gasteiger partial charge in [0.1, 0.15) is 12.1 Å². The fourth-order valence-electron chi connectivity index (χ4n) is 5.93. The normalized spacial score (nSPS) is 19.3. The Hall–Kier alpha value is -4.06. The summed E-state index contributed by atoms with van der Waals surface area (Å²) in [4.78, 5) is 45.2. The third-order valence-corrected chi connectivity index (χ3v) is 8.03. The van der Waals surface area contributed by atoms with E-state index in [0.29, 0.717) is 43.9 Å². The van der Waals surface area contributed by atoms with E-state index < -0.39 is 5.54 Å². The summed E-state index contributed by atoms with van der Waals surface area (Å²) >= 11 is 0. The Labute approximate surface area is 223 Å². The van der Waals surface area contributed by atoms with Crippen molar-refractivity contribution in [2.24, 2.45) is 0 Å². The Bertz CT molecular complexity index is 1200. The fraction of sp³-hybridized carbons (Fsp3) is 0.448. The molecule has 2 aromatic rings. The number of hydrogen-bond acceptors (Lipinski definition) is 5. The highest BCUT2D eigenvalue weighted by Gasteiger charge is 2.54. The maximum atomic E-state index is 13.9. The number of piperidine rings is 1. The molecule has 9 heteroatoms. The van der Waals surface area contributed by atoms with Crippen LogP contribution in [0.25, 0.3) is 0 Å². The molecule has 5 rings (SSSR count). The van der Waals surface area contributed by atoms with E-state index in [-0.39, 0.29) is 30.4 Å². The highest BCUT2D eigenvalue weighted by molar-refractivity contribution is 5.97. The van der Waals surface area contributed by atoms with Gasteiger partial charge in [0.25, 0.3) is 5.91 Å². The molecular formula is C29H34N6O3. The fourth-order valence-corrected chi connectivity index (χ4v) is 5.93. The molecule has 38 heavy (non-hydrogen) atoms. The summed E-state index contributed by atoms with van der Waals surface area (Å²) in [6.07, 6.45) is 6.43. The van der Waals surface area contributed by atoms with Gasteiger partial charge in [0.15, 0.2) is 0 Å². The van der Waals surface area contributed by atoms with Crippen molar-refractivity contribution >= 4 is 29.2 Å². The Morgan fingerprint density at radius 2 is 1.66 bits per heavy atom. The Morgan fingerprint density at radius 1 is 0.974 bits per heavy atom. The molecular weight excluding hydrogens is 480 g/mol. The molecule has 0 radical (unpaired) electrons. The van der Waals surface area contributed by atoms with Crippen molar-refractivity contribution in [3.63, 3.8) is 0 Å². The Balaban J connectivity index is 1.27. The number of anilines is 2. The molecule has 9 nitrogen and oxygen atoms in total. The van der Waals surface area contributed by atoms with Crippen LogP contribution in [0, 0.1) is 11.3 Å².